The number of likely N-dealkylation sites (tertiary alicyclic amines) is 1. The first-order valence-electron chi connectivity index (χ1n) is 11.0. The summed E-state index contributed by atoms with van der Waals surface area (Å²) in [5, 5.41) is 3.57. The maximum Gasteiger partial charge on any atom is 0.224 e. The highest BCUT2D eigenvalue weighted by Gasteiger charge is 2.23. The molecule has 160 valence electrons. The number of hydrogen-bond acceptors (Lipinski definition) is 2. The zero-order valence-corrected chi connectivity index (χ0v) is 18.2. The Morgan fingerprint density at radius 1 is 1.00 bits per heavy atom. The summed E-state index contributed by atoms with van der Waals surface area (Å²) in [6.07, 6.45) is 7.03. The minimum absolute atomic E-state index is 0.0154. The van der Waals surface area contributed by atoms with Crippen LogP contribution in [0.4, 0.5) is 5.69 Å². The van der Waals surface area contributed by atoms with Crippen LogP contribution in [-0.4, -0.2) is 29.8 Å². The molecular formula is C25H31ClN2O2. The van der Waals surface area contributed by atoms with E-state index in [1.165, 1.54) is 5.56 Å². The third kappa shape index (κ3) is 7.49. The van der Waals surface area contributed by atoms with Crippen molar-refractivity contribution in [3.05, 3.63) is 65.2 Å². The van der Waals surface area contributed by atoms with Crippen molar-refractivity contribution < 1.29 is 9.59 Å². The van der Waals surface area contributed by atoms with Crippen LogP contribution in [0.2, 0.25) is 5.02 Å². The molecule has 5 heteroatoms. The van der Waals surface area contributed by atoms with Gasteiger partial charge in [0.1, 0.15) is 0 Å². The zero-order valence-electron chi connectivity index (χ0n) is 17.5. The smallest absolute Gasteiger partial charge is 0.224 e. The molecule has 4 nitrogen and oxygen atoms in total. The number of aryl methyl sites for hydroxylation is 1. The second-order valence-electron chi connectivity index (χ2n) is 8.13. The number of rotatable bonds is 9. The van der Waals surface area contributed by atoms with Gasteiger partial charge in [0.15, 0.2) is 0 Å². The van der Waals surface area contributed by atoms with Gasteiger partial charge in [-0.2, -0.15) is 0 Å². The Bertz CT molecular complexity index is 808. The first-order chi connectivity index (χ1) is 14.6. The van der Waals surface area contributed by atoms with Crippen molar-refractivity contribution in [2.75, 3.05) is 18.4 Å². The van der Waals surface area contributed by atoms with Gasteiger partial charge >= 0.3 is 0 Å². The predicted molar refractivity (Wildman–Crippen MR) is 123 cm³/mol. The van der Waals surface area contributed by atoms with Gasteiger partial charge in [0.05, 0.1) is 0 Å². The minimum Gasteiger partial charge on any atom is -0.342 e. The monoisotopic (exact) mass is 426 g/mol. The molecule has 1 aliphatic heterocycles. The molecule has 0 spiro atoms. The van der Waals surface area contributed by atoms with Crippen molar-refractivity contribution in [3.8, 4) is 0 Å². The van der Waals surface area contributed by atoms with Crippen molar-refractivity contribution in [2.24, 2.45) is 5.92 Å². The number of piperidine rings is 1. The lowest BCUT2D eigenvalue weighted by atomic mass is 9.93. The van der Waals surface area contributed by atoms with Crippen LogP contribution in [0.25, 0.3) is 0 Å². The van der Waals surface area contributed by atoms with Crippen molar-refractivity contribution in [1.29, 1.82) is 0 Å². The Morgan fingerprint density at radius 2 is 1.77 bits per heavy atom. The predicted octanol–water partition coefficient (Wildman–Crippen LogP) is 5.71. The van der Waals surface area contributed by atoms with E-state index in [2.05, 4.69) is 29.6 Å². The Kier molecular flexibility index (Phi) is 8.76. The lowest BCUT2D eigenvalue weighted by molar-refractivity contribution is -0.133. The summed E-state index contributed by atoms with van der Waals surface area (Å²) in [7, 11) is 0. The highest BCUT2D eigenvalue weighted by atomic mass is 35.5. The Labute approximate surface area is 184 Å². The first-order valence-corrected chi connectivity index (χ1v) is 11.3. The first kappa shape index (κ1) is 22.4. The summed E-state index contributed by atoms with van der Waals surface area (Å²) in [5.41, 5.74) is 2.10. The number of amides is 2. The van der Waals surface area contributed by atoms with E-state index in [1.807, 2.05) is 11.0 Å². The van der Waals surface area contributed by atoms with Gasteiger partial charge in [-0.05, 0) is 74.3 Å². The highest BCUT2D eigenvalue weighted by molar-refractivity contribution is 6.30. The van der Waals surface area contributed by atoms with Crippen molar-refractivity contribution in [3.63, 3.8) is 0 Å². The molecule has 1 N–H and O–H groups in total. The molecule has 1 aliphatic rings. The van der Waals surface area contributed by atoms with Crippen LogP contribution >= 0.6 is 11.6 Å². The molecule has 0 aromatic heterocycles. The molecule has 1 heterocycles. The molecule has 2 aromatic rings. The van der Waals surface area contributed by atoms with Crippen LogP contribution < -0.4 is 5.32 Å². The third-order valence-corrected chi connectivity index (χ3v) is 5.98. The molecule has 1 atom stereocenters. The standard InChI is InChI=1S/C25H31ClN2O2/c26-22-13-15-23(16-14-22)27-24(29)17-12-21-10-6-18-28(19-21)25(30)11-5-4-9-20-7-2-1-3-8-20/h1-3,7-8,13-16,21H,4-6,9-12,17-19H2,(H,27,29)/t21-/m0/s1. The molecular weight excluding hydrogens is 396 g/mol. The third-order valence-electron chi connectivity index (χ3n) is 5.73. The number of unbranched alkanes of at least 4 members (excludes halogenated alkanes) is 1. The molecule has 0 aliphatic carbocycles. The number of carbonyl (C=O) groups excluding carboxylic acids is 2. The van der Waals surface area contributed by atoms with Crippen LogP contribution in [0.1, 0.15) is 50.5 Å². The second kappa shape index (κ2) is 11.8. The van der Waals surface area contributed by atoms with Crippen LogP contribution in [0.5, 0.6) is 0 Å². The zero-order chi connectivity index (χ0) is 21.2. The van der Waals surface area contributed by atoms with Gasteiger partial charge in [0.25, 0.3) is 0 Å². The maximum absolute atomic E-state index is 12.6. The summed E-state index contributed by atoms with van der Waals surface area (Å²) >= 11 is 5.87. The fraction of sp³-hybridized carbons (Fsp3) is 0.440. The Hall–Kier alpha value is -2.33. The fourth-order valence-corrected chi connectivity index (χ4v) is 4.15. The maximum atomic E-state index is 12.6. The lowest BCUT2D eigenvalue weighted by Crippen LogP contribution is -2.40. The SMILES string of the molecule is O=C(CC[C@@H]1CCCN(C(=O)CCCCc2ccccc2)C1)Nc1ccc(Cl)cc1. The van der Waals surface area contributed by atoms with Gasteiger partial charge in [-0.3, -0.25) is 9.59 Å². The van der Waals surface area contributed by atoms with E-state index in [0.29, 0.717) is 23.8 Å². The largest absolute Gasteiger partial charge is 0.342 e. The normalized spacial score (nSPS) is 16.3. The van der Waals surface area contributed by atoms with Crippen LogP contribution in [0.3, 0.4) is 0 Å². The summed E-state index contributed by atoms with van der Waals surface area (Å²) < 4.78 is 0. The van der Waals surface area contributed by atoms with Crippen molar-refractivity contribution in [1.82, 2.24) is 4.90 Å². The Balaban J connectivity index is 1.34. The van der Waals surface area contributed by atoms with E-state index in [4.69, 9.17) is 11.6 Å². The van der Waals surface area contributed by atoms with Gasteiger partial charge in [-0.25, -0.2) is 0 Å². The summed E-state index contributed by atoms with van der Waals surface area (Å²) in [5.74, 6) is 0.683. The van der Waals surface area contributed by atoms with Gasteiger partial charge in [-0.15, -0.1) is 0 Å². The fourth-order valence-electron chi connectivity index (χ4n) is 4.03. The molecule has 2 amide bonds. The number of benzene rings is 2. The van der Waals surface area contributed by atoms with Gasteiger partial charge in [-0.1, -0.05) is 41.9 Å². The molecule has 0 radical (unpaired) electrons. The van der Waals surface area contributed by atoms with Gasteiger partial charge in [0.2, 0.25) is 11.8 Å². The van der Waals surface area contributed by atoms with Crippen LogP contribution in [-0.2, 0) is 16.0 Å². The van der Waals surface area contributed by atoms with E-state index >= 15 is 0 Å². The van der Waals surface area contributed by atoms with E-state index in [1.54, 1.807) is 24.3 Å². The summed E-state index contributed by atoms with van der Waals surface area (Å²) in [6.45, 7) is 1.64. The number of hydrogen-bond donors (Lipinski definition) is 1. The van der Waals surface area contributed by atoms with Crippen LogP contribution in [0.15, 0.2) is 54.6 Å². The highest BCUT2D eigenvalue weighted by Crippen LogP contribution is 2.23. The Morgan fingerprint density at radius 3 is 2.53 bits per heavy atom. The number of nitrogens with zero attached hydrogens (tertiary/aromatic N) is 1. The molecule has 1 fully saturated rings. The molecule has 0 unspecified atom stereocenters. The molecule has 30 heavy (non-hydrogen) atoms. The van der Waals surface area contributed by atoms with Crippen molar-refractivity contribution in [2.45, 2.75) is 51.4 Å². The van der Waals surface area contributed by atoms with Crippen LogP contribution in [0, 0.1) is 5.92 Å². The molecule has 2 aromatic carbocycles. The van der Waals surface area contributed by atoms with E-state index in [-0.39, 0.29) is 11.8 Å². The molecule has 0 saturated carbocycles. The van der Waals surface area contributed by atoms with E-state index in [9.17, 15) is 9.59 Å². The number of carbonyl (C=O) groups is 2. The average molecular weight is 427 g/mol. The van der Waals surface area contributed by atoms with Gasteiger partial charge < -0.3 is 10.2 Å². The number of anilines is 1. The molecule has 3 rings (SSSR count). The lowest BCUT2D eigenvalue weighted by Gasteiger charge is -2.33. The average Bonchev–Trinajstić information content (AvgIpc) is 2.78. The van der Waals surface area contributed by atoms with E-state index < -0.39 is 0 Å². The molecule has 0 bridgehead atoms. The quantitative estimate of drug-likeness (QED) is 0.522. The second-order valence-corrected chi connectivity index (χ2v) is 8.57. The topological polar surface area (TPSA) is 49.4 Å². The van der Waals surface area contributed by atoms with Gasteiger partial charge in [0, 0.05) is 36.6 Å². The number of halogens is 1. The van der Waals surface area contributed by atoms with E-state index in [0.717, 1.165) is 57.3 Å². The van der Waals surface area contributed by atoms with Crippen molar-refractivity contribution >= 4 is 29.1 Å². The number of nitrogens with one attached hydrogen (secondary N) is 1. The summed E-state index contributed by atoms with van der Waals surface area (Å²) in [6, 6.07) is 17.6. The molecule has 1 saturated heterocycles. The summed E-state index contributed by atoms with van der Waals surface area (Å²) in [4.78, 5) is 26.8. The minimum atomic E-state index is 0.0154.